The molecule has 21 heavy (non-hydrogen) atoms. The maximum absolute atomic E-state index is 11.7. The molecular formula is C17H31NO3. The summed E-state index contributed by atoms with van der Waals surface area (Å²) in [5.41, 5.74) is -0.789. The summed E-state index contributed by atoms with van der Waals surface area (Å²) in [6.07, 6.45) is 2.56. The molecule has 0 aromatic carbocycles. The van der Waals surface area contributed by atoms with Gasteiger partial charge in [0.2, 0.25) is 0 Å². The lowest BCUT2D eigenvalue weighted by Crippen LogP contribution is -2.57. The lowest BCUT2D eigenvalue weighted by Gasteiger charge is -2.40. The highest BCUT2D eigenvalue weighted by molar-refractivity contribution is 5.67. The van der Waals surface area contributed by atoms with E-state index in [1.807, 2.05) is 14.1 Å². The number of ether oxygens (including phenoxy) is 2. The van der Waals surface area contributed by atoms with E-state index in [1.165, 1.54) is 6.92 Å². The molecule has 4 heteroatoms. The monoisotopic (exact) mass is 297 g/mol. The third-order valence-corrected chi connectivity index (χ3v) is 4.09. The Hall–Kier alpha value is -0.870. The molecule has 1 fully saturated rings. The topological polar surface area (TPSA) is 38.8 Å². The summed E-state index contributed by atoms with van der Waals surface area (Å²) in [7, 11) is 4.01. The Morgan fingerprint density at radius 3 is 2.29 bits per heavy atom. The molecule has 0 aromatic rings. The van der Waals surface area contributed by atoms with Gasteiger partial charge in [-0.2, -0.15) is 0 Å². The van der Waals surface area contributed by atoms with Crippen LogP contribution in [0.25, 0.3) is 0 Å². The fraction of sp³-hybridized carbons (Fsp3) is 0.824. The van der Waals surface area contributed by atoms with Crippen molar-refractivity contribution in [2.45, 2.75) is 64.9 Å². The summed E-state index contributed by atoms with van der Waals surface area (Å²) >= 11 is 0. The predicted molar refractivity (Wildman–Crippen MR) is 85.1 cm³/mol. The zero-order chi connectivity index (χ0) is 16.4. The van der Waals surface area contributed by atoms with E-state index < -0.39 is 5.60 Å². The number of hydrogen-bond acceptors (Lipinski definition) is 4. The van der Waals surface area contributed by atoms with Crippen LogP contribution in [-0.2, 0) is 14.3 Å². The third kappa shape index (κ3) is 3.67. The minimum absolute atomic E-state index is 0.0197. The van der Waals surface area contributed by atoms with Gasteiger partial charge >= 0.3 is 5.97 Å². The molecule has 4 nitrogen and oxygen atoms in total. The average Bonchev–Trinajstić information content (AvgIpc) is 2.62. The van der Waals surface area contributed by atoms with Gasteiger partial charge in [0.1, 0.15) is 6.10 Å². The quantitative estimate of drug-likeness (QED) is 0.558. The Morgan fingerprint density at radius 1 is 1.38 bits per heavy atom. The molecule has 0 N–H and O–H groups in total. The number of hydrogen-bond donors (Lipinski definition) is 0. The van der Waals surface area contributed by atoms with Crippen LogP contribution in [0.4, 0.5) is 0 Å². The van der Waals surface area contributed by atoms with Gasteiger partial charge in [0.25, 0.3) is 0 Å². The van der Waals surface area contributed by atoms with Crippen LogP contribution in [-0.4, -0.2) is 48.8 Å². The molecule has 0 aliphatic carbocycles. The normalized spacial score (nSPS) is 33.0. The largest absolute Gasteiger partial charge is 0.450 e. The van der Waals surface area contributed by atoms with Crippen LogP contribution >= 0.6 is 0 Å². The summed E-state index contributed by atoms with van der Waals surface area (Å²) in [5, 5.41) is 0. The van der Waals surface area contributed by atoms with Crippen LogP contribution < -0.4 is 0 Å². The van der Waals surface area contributed by atoms with Gasteiger partial charge in [-0.05, 0) is 38.4 Å². The van der Waals surface area contributed by atoms with E-state index in [-0.39, 0.29) is 30.1 Å². The Labute approximate surface area is 129 Å². The van der Waals surface area contributed by atoms with Crippen molar-refractivity contribution < 1.29 is 14.3 Å². The molecule has 1 saturated heterocycles. The summed E-state index contributed by atoms with van der Waals surface area (Å²) < 4.78 is 12.1. The van der Waals surface area contributed by atoms with Crippen molar-refractivity contribution in [2.75, 3.05) is 14.1 Å². The zero-order valence-electron chi connectivity index (χ0n) is 14.6. The first kappa shape index (κ1) is 18.2. The number of nitrogens with zero attached hydrogens (tertiary/aromatic N) is 1. The lowest BCUT2D eigenvalue weighted by molar-refractivity contribution is -0.162. The molecule has 1 rings (SSSR count). The van der Waals surface area contributed by atoms with Gasteiger partial charge in [0.15, 0.2) is 5.60 Å². The summed E-state index contributed by atoms with van der Waals surface area (Å²) in [5.74, 6) is 0.464. The number of carbonyl (C=O) groups is 1. The first-order valence-corrected chi connectivity index (χ1v) is 7.80. The van der Waals surface area contributed by atoms with E-state index in [1.54, 1.807) is 6.08 Å². The molecule has 0 radical (unpaired) electrons. The second kappa shape index (κ2) is 6.93. The fourth-order valence-electron chi connectivity index (χ4n) is 3.54. The fourth-order valence-corrected chi connectivity index (χ4v) is 3.54. The second-order valence-electron chi connectivity index (χ2n) is 7.03. The SMILES string of the molecule is C=C[C@]1(OC(C)=O)[C@H](C(C)C)O[C@H](CC(C)C)[C@H]1N(C)C. The van der Waals surface area contributed by atoms with Crippen molar-refractivity contribution in [1.29, 1.82) is 0 Å². The standard InChI is InChI=1S/C17H31NO3/c1-9-17(21-13(6)19)15(18(7)8)14(10-11(2)3)20-16(17)12(4)5/h9,11-12,14-16H,1,10H2,2-8H3/t14-,15-,16+,17-/m1/s1. The number of esters is 1. The van der Waals surface area contributed by atoms with Gasteiger partial charge in [-0.3, -0.25) is 4.79 Å². The van der Waals surface area contributed by atoms with Crippen molar-refractivity contribution in [3.63, 3.8) is 0 Å². The van der Waals surface area contributed by atoms with Crippen LogP contribution in [0.3, 0.4) is 0 Å². The minimum atomic E-state index is -0.789. The van der Waals surface area contributed by atoms with Crippen molar-refractivity contribution in [1.82, 2.24) is 4.90 Å². The number of likely N-dealkylation sites (N-methyl/N-ethyl adjacent to an activating group) is 1. The molecule has 1 heterocycles. The molecule has 0 bridgehead atoms. The van der Waals surface area contributed by atoms with Gasteiger partial charge in [0.05, 0.1) is 12.1 Å². The van der Waals surface area contributed by atoms with Crippen LogP contribution in [0.5, 0.6) is 0 Å². The highest BCUT2D eigenvalue weighted by atomic mass is 16.6. The molecule has 4 atom stereocenters. The van der Waals surface area contributed by atoms with Crippen LogP contribution in [0.15, 0.2) is 12.7 Å². The molecule has 0 aromatic heterocycles. The Balaban J connectivity index is 3.28. The lowest BCUT2D eigenvalue weighted by atomic mass is 9.81. The first-order valence-electron chi connectivity index (χ1n) is 7.80. The van der Waals surface area contributed by atoms with E-state index in [0.29, 0.717) is 5.92 Å². The molecule has 0 amide bonds. The molecular weight excluding hydrogens is 266 g/mol. The molecule has 0 spiro atoms. The molecule has 1 aliphatic rings. The van der Waals surface area contributed by atoms with Crippen LogP contribution in [0.1, 0.15) is 41.0 Å². The highest BCUT2D eigenvalue weighted by Crippen LogP contribution is 2.43. The molecule has 0 saturated carbocycles. The van der Waals surface area contributed by atoms with Gasteiger partial charge in [0, 0.05) is 6.92 Å². The molecule has 1 aliphatic heterocycles. The minimum Gasteiger partial charge on any atom is -0.450 e. The zero-order valence-corrected chi connectivity index (χ0v) is 14.6. The van der Waals surface area contributed by atoms with Crippen molar-refractivity contribution in [3.05, 3.63) is 12.7 Å². The van der Waals surface area contributed by atoms with E-state index in [0.717, 1.165) is 6.42 Å². The van der Waals surface area contributed by atoms with E-state index in [4.69, 9.17) is 9.47 Å². The highest BCUT2D eigenvalue weighted by Gasteiger charge is 2.59. The third-order valence-electron chi connectivity index (χ3n) is 4.09. The van der Waals surface area contributed by atoms with Gasteiger partial charge in [-0.15, -0.1) is 0 Å². The molecule has 0 unspecified atom stereocenters. The summed E-state index contributed by atoms with van der Waals surface area (Å²) in [4.78, 5) is 13.8. The molecule has 122 valence electrons. The van der Waals surface area contributed by atoms with Crippen LogP contribution in [0.2, 0.25) is 0 Å². The number of carbonyl (C=O) groups excluding carboxylic acids is 1. The van der Waals surface area contributed by atoms with E-state index >= 15 is 0 Å². The van der Waals surface area contributed by atoms with E-state index in [9.17, 15) is 4.79 Å². The van der Waals surface area contributed by atoms with Crippen LogP contribution in [0, 0.1) is 11.8 Å². The predicted octanol–water partition coefficient (Wildman–Crippen LogP) is 2.87. The van der Waals surface area contributed by atoms with Crippen molar-refractivity contribution in [3.8, 4) is 0 Å². The number of rotatable bonds is 6. The summed E-state index contributed by atoms with van der Waals surface area (Å²) in [6.45, 7) is 14.0. The smallest absolute Gasteiger partial charge is 0.303 e. The van der Waals surface area contributed by atoms with Gasteiger partial charge < -0.3 is 14.4 Å². The second-order valence-corrected chi connectivity index (χ2v) is 7.03. The maximum atomic E-state index is 11.7. The summed E-state index contributed by atoms with van der Waals surface area (Å²) in [6, 6.07) is -0.0197. The first-order chi connectivity index (χ1) is 9.65. The maximum Gasteiger partial charge on any atom is 0.303 e. The Morgan fingerprint density at radius 2 is 1.95 bits per heavy atom. The average molecular weight is 297 g/mol. The van der Waals surface area contributed by atoms with Gasteiger partial charge in [-0.25, -0.2) is 0 Å². The van der Waals surface area contributed by atoms with Crippen molar-refractivity contribution in [2.24, 2.45) is 11.8 Å². The van der Waals surface area contributed by atoms with E-state index in [2.05, 4.69) is 39.2 Å². The van der Waals surface area contributed by atoms with Gasteiger partial charge in [-0.1, -0.05) is 34.3 Å². The Bertz CT molecular complexity index is 378. The van der Waals surface area contributed by atoms with Crippen molar-refractivity contribution >= 4 is 5.97 Å². The Kier molecular flexibility index (Phi) is 6.00.